The molecule has 0 amide bonds. The molecule has 0 fully saturated rings. The Kier molecular flexibility index (Phi) is 6.02. The first-order chi connectivity index (χ1) is 18.4. The Morgan fingerprint density at radius 1 is 1.08 bits per heavy atom. The molecule has 0 saturated carbocycles. The lowest BCUT2D eigenvalue weighted by Gasteiger charge is -2.21. The molecule has 38 heavy (non-hydrogen) atoms. The van der Waals surface area contributed by atoms with Crippen LogP contribution in [-0.4, -0.2) is 26.3 Å². The van der Waals surface area contributed by atoms with E-state index in [0.717, 1.165) is 24.1 Å². The van der Waals surface area contributed by atoms with Crippen molar-refractivity contribution in [3.8, 4) is 5.69 Å². The van der Waals surface area contributed by atoms with Crippen molar-refractivity contribution in [2.24, 2.45) is 5.16 Å². The Morgan fingerprint density at radius 2 is 1.89 bits per heavy atom. The van der Waals surface area contributed by atoms with Crippen LogP contribution in [0.1, 0.15) is 54.6 Å². The second kappa shape index (κ2) is 9.52. The maximum Gasteiger partial charge on any atom is 0.303 e. The van der Waals surface area contributed by atoms with Crippen molar-refractivity contribution < 1.29 is 19.1 Å². The Balaban J connectivity index is 1.36. The molecule has 1 aliphatic heterocycles. The van der Waals surface area contributed by atoms with Crippen molar-refractivity contribution in [1.29, 1.82) is 0 Å². The van der Waals surface area contributed by atoms with Crippen molar-refractivity contribution in [2.45, 2.75) is 50.5 Å². The molecule has 1 atom stereocenters. The van der Waals surface area contributed by atoms with Crippen LogP contribution < -0.4 is 5.56 Å². The van der Waals surface area contributed by atoms with Gasteiger partial charge in [-0.1, -0.05) is 35.5 Å². The van der Waals surface area contributed by atoms with Crippen LogP contribution in [0.4, 0.5) is 4.39 Å². The van der Waals surface area contributed by atoms with Crippen LogP contribution in [0.5, 0.6) is 0 Å². The quantitative estimate of drug-likeness (QED) is 0.341. The molecule has 1 N–H and O–H groups in total. The molecule has 0 radical (unpaired) electrons. The van der Waals surface area contributed by atoms with Crippen molar-refractivity contribution in [3.63, 3.8) is 0 Å². The van der Waals surface area contributed by atoms with Crippen LogP contribution in [0, 0.1) is 5.82 Å². The Bertz CT molecular complexity index is 1640. The SMILES string of the molecule is O=C(O)CCCCc1nc2cc(C3=NOC4(CCc5ccccc54)C3)ccc2c(=O)n1-c1ccc(F)cc1. The fourth-order valence-electron chi connectivity index (χ4n) is 5.56. The van der Waals surface area contributed by atoms with E-state index >= 15 is 0 Å². The smallest absolute Gasteiger partial charge is 0.303 e. The van der Waals surface area contributed by atoms with E-state index in [0.29, 0.717) is 48.1 Å². The van der Waals surface area contributed by atoms with Gasteiger partial charge in [0.1, 0.15) is 11.6 Å². The standard InChI is InChI=1S/C30H26FN3O4/c31-21-10-12-22(13-11-21)34-27(7-3-4-8-28(35)36)32-25-17-20(9-14-23(25)29(34)37)26-18-30(38-33-26)16-15-19-5-1-2-6-24(19)30/h1-2,5-6,9-14,17H,3-4,7-8,15-16,18H2,(H,35,36). The Morgan fingerprint density at radius 3 is 2.71 bits per heavy atom. The van der Waals surface area contributed by atoms with E-state index in [1.807, 2.05) is 24.3 Å². The first kappa shape index (κ1) is 24.0. The number of carboxylic acids is 1. The van der Waals surface area contributed by atoms with Gasteiger partial charge >= 0.3 is 5.97 Å². The number of hydrogen-bond acceptors (Lipinski definition) is 5. The third-order valence-corrected chi connectivity index (χ3v) is 7.49. The number of aryl methyl sites for hydroxylation is 2. The monoisotopic (exact) mass is 511 g/mol. The number of halogens is 1. The van der Waals surface area contributed by atoms with E-state index in [1.54, 1.807) is 18.2 Å². The number of carboxylic acid groups (broad SMARTS) is 1. The number of oxime groups is 1. The largest absolute Gasteiger partial charge is 0.481 e. The predicted octanol–water partition coefficient (Wildman–Crippen LogP) is 5.29. The third-order valence-electron chi connectivity index (χ3n) is 7.49. The van der Waals surface area contributed by atoms with Gasteiger partial charge in [-0.05, 0) is 67.6 Å². The van der Waals surface area contributed by atoms with Gasteiger partial charge in [-0.2, -0.15) is 0 Å². The first-order valence-corrected chi connectivity index (χ1v) is 12.8. The van der Waals surface area contributed by atoms with Gasteiger partial charge in [0.2, 0.25) is 0 Å². The molecule has 3 aromatic carbocycles. The highest BCUT2D eigenvalue weighted by Gasteiger charge is 2.46. The van der Waals surface area contributed by atoms with Crippen molar-refractivity contribution >= 4 is 22.6 Å². The van der Waals surface area contributed by atoms with E-state index in [1.165, 1.54) is 27.8 Å². The predicted molar refractivity (Wildman–Crippen MR) is 141 cm³/mol. The molecule has 2 heterocycles. The van der Waals surface area contributed by atoms with Crippen molar-refractivity contribution in [3.05, 3.63) is 105 Å². The number of benzene rings is 3. The fourth-order valence-corrected chi connectivity index (χ4v) is 5.56. The van der Waals surface area contributed by atoms with Crippen molar-refractivity contribution in [2.75, 3.05) is 0 Å². The van der Waals surface area contributed by atoms with Gasteiger partial charge in [0.05, 0.1) is 22.3 Å². The van der Waals surface area contributed by atoms with Gasteiger partial charge in [0, 0.05) is 30.4 Å². The minimum Gasteiger partial charge on any atom is -0.481 e. The molecule has 0 saturated heterocycles. The summed E-state index contributed by atoms with van der Waals surface area (Å²) in [5.74, 6) is -0.757. The first-order valence-electron chi connectivity index (χ1n) is 12.8. The third kappa shape index (κ3) is 4.26. The molecular weight excluding hydrogens is 485 g/mol. The molecule has 4 aromatic rings. The normalized spacial score (nSPS) is 18.0. The fraction of sp³-hybridized carbons (Fsp3) is 0.267. The number of unbranched alkanes of at least 4 members (excludes halogenated alkanes) is 1. The molecule has 192 valence electrons. The second-order valence-corrected chi connectivity index (χ2v) is 9.94. The van der Waals surface area contributed by atoms with E-state index in [4.69, 9.17) is 14.9 Å². The molecule has 0 bridgehead atoms. The number of nitrogens with zero attached hydrogens (tertiary/aromatic N) is 3. The summed E-state index contributed by atoms with van der Waals surface area (Å²) in [5, 5.41) is 13.9. The topological polar surface area (TPSA) is 93.8 Å². The molecule has 7 nitrogen and oxygen atoms in total. The molecular formula is C30H26FN3O4. The molecule has 8 heteroatoms. The summed E-state index contributed by atoms with van der Waals surface area (Å²) in [7, 11) is 0. The molecule has 1 unspecified atom stereocenters. The lowest BCUT2D eigenvalue weighted by molar-refractivity contribution is -0.137. The van der Waals surface area contributed by atoms with Crippen LogP contribution in [0.15, 0.2) is 76.7 Å². The zero-order chi connectivity index (χ0) is 26.3. The van der Waals surface area contributed by atoms with Gasteiger partial charge in [-0.15, -0.1) is 0 Å². The average molecular weight is 512 g/mol. The summed E-state index contributed by atoms with van der Waals surface area (Å²) < 4.78 is 15.1. The maximum absolute atomic E-state index is 13.6. The van der Waals surface area contributed by atoms with E-state index in [-0.39, 0.29) is 12.0 Å². The average Bonchev–Trinajstić information content (AvgIpc) is 3.52. The van der Waals surface area contributed by atoms with Crippen LogP contribution in [-0.2, 0) is 28.1 Å². The minimum atomic E-state index is -0.862. The number of hydrogen-bond donors (Lipinski definition) is 1. The van der Waals surface area contributed by atoms with E-state index in [9.17, 15) is 14.0 Å². The zero-order valence-corrected chi connectivity index (χ0v) is 20.7. The summed E-state index contributed by atoms with van der Waals surface area (Å²) >= 11 is 0. The number of fused-ring (bicyclic) bond motifs is 3. The molecule has 1 spiro atoms. The minimum absolute atomic E-state index is 0.0449. The van der Waals surface area contributed by atoms with Crippen LogP contribution in [0.2, 0.25) is 0 Å². The summed E-state index contributed by atoms with van der Waals surface area (Å²) in [6.07, 6.45) is 3.93. The summed E-state index contributed by atoms with van der Waals surface area (Å²) in [4.78, 5) is 35.5. The summed E-state index contributed by atoms with van der Waals surface area (Å²) in [6.45, 7) is 0. The highest BCUT2D eigenvalue weighted by molar-refractivity contribution is 6.04. The van der Waals surface area contributed by atoms with Crippen molar-refractivity contribution in [1.82, 2.24) is 9.55 Å². The van der Waals surface area contributed by atoms with Gasteiger partial charge in [-0.25, -0.2) is 9.37 Å². The molecule has 6 rings (SSSR count). The maximum atomic E-state index is 13.6. The highest BCUT2D eigenvalue weighted by atomic mass is 19.1. The van der Waals surface area contributed by atoms with Crippen LogP contribution in [0.3, 0.4) is 0 Å². The van der Waals surface area contributed by atoms with Gasteiger partial charge < -0.3 is 9.94 Å². The van der Waals surface area contributed by atoms with E-state index in [2.05, 4.69) is 17.3 Å². The van der Waals surface area contributed by atoms with Gasteiger partial charge in [-0.3, -0.25) is 14.2 Å². The lowest BCUT2D eigenvalue weighted by Crippen LogP contribution is -2.24. The zero-order valence-electron chi connectivity index (χ0n) is 20.7. The molecule has 2 aliphatic rings. The van der Waals surface area contributed by atoms with Gasteiger partial charge in [0.15, 0.2) is 5.60 Å². The lowest BCUT2D eigenvalue weighted by atomic mass is 9.88. The number of aromatic nitrogens is 2. The highest BCUT2D eigenvalue weighted by Crippen LogP contribution is 2.46. The van der Waals surface area contributed by atoms with Gasteiger partial charge in [0.25, 0.3) is 5.56 Å². The van der Waals surface area contributed by atoms with Crippen LogP contribution >= 0.6 is 0 Å². The summed E-state index contributed by atoms with van der Waals surface area (Å²) in [5.41, 5.74) is 4.48. The summed E-state index contributed by atoms with van der Waals surface area (Å²) in [6, 6.07) is 19.5. The molecule has 1 aliphatic carbocycles. The number of carbonyl (C=O) groups is 1. The molecule has 1 aromatic heterocycles. The second-order valence-electron chi connectivity index (χ2n) is 9.94. The number of rotatable bonds is 7. The van der Waals surface area contributed by atoms with Crippen LogP contribution in [0.25, 0.3) is 16.6 Å². The van der Waals surface area contributed by atoms with E-state index < -0.39 is 17.4 Å². The Labute approximate surface area is 218 Å². The number of aliphatic carboxylic acids is 1. The Hall–Kier alpha value is -4.33.